The zero-order valence-electron chi connectivity index (χ0n) is 11.5. The van der Waals surface area contributed by atoms with Gasteiger partial charge in [-0.15, -0.1) is 6.58 Å². The van der Waals surface area contributed by atoms with Gasteiger partial charge < -0.3 is 5.32 Å². The minimum atomic E-state index is 0.460. The minimum Gasteiger partial charge on any atom is -0.310 e. The molecule has 18 heavy (non-hydrogen) atoms. The molecule has 1 atom stereocenters. The number of allylic oxidation sites excluding steroid dienone is 1. The molecule has 1 aromatic rings. The molecule has 0 radical (unpaired) electrons. The van der Waals surface area contributed by atoms with E-state index in [1.165, 1.54) is 34.9 Å². The van der Waals surface area contributed by atoms with Crippen molar-refractivity contribution < 1.29 is 0 Å². The normalized spacial score (nSPS) is 12.4. The Balaban J connectivity index is 2.72. The van der Waals surface area contributed by atoms with Gasteiger partial charge in [-0.1, -0.05) is 41.1 Å². The van der Waals surface area contributed by atoms with Crippen molar-refractivity contribution in [3.8, 4) is 0 Å². The fourth-order valence-electron chi connectivity index (χ4n) is 2.00. The minimum absolute atomic E-state index is 0.460. The Kier molecular flexibility index (Phi) is 7.29. The molecule has 1 nitrogen and oxygen atoms in total. The van der Waals surface area contributed by atoms with E-state index in [-0.39, 0.29) is 0 Å². The molecule has 0 fully saturated rings. The van der Waals surface area contributed by atoms with Crippen molar-refractivity contribution >= 4 is 15.9 Å². The zero-order valence-corrected chi connectivity index (χ0v) is 13.1. The quantitative estimate of drug-likeness (QED) is 0.517. The molecule has 0 heterocycles. The van der Waals surface area contributed by atoms with Gasteiger partial charge in [0.2, 0.25) is 0 Å². The van der Waals surface area contributed by atoms with E-state index in [1.54, 1.807) is 0 Å². The molecule has 2 heteroatoms. The lowest BCUT2D eigenvalue weighted by atomic mass is 9.99. The van der Waals surface area contributed by atoms with Gasteiger partial charge in [0.25, 0.3) is 0 Å². The van der Waals surface area contributed by atoms with Crippen molar-refractivity contribution in [2.24, 2.45) is 0 Å². The maximum absolute atomic E-state index is 3.79. The second-order valence-corrected chi connectivity index (χ2v) is 5.59. The first-order valence-corrected chi connectivity index (χ1v) is 7.58. The van der Waals surface area contributed by atoms with E-state index in [2.05, 4.69) is 59.9 Å². The van der Waals surface area contributed by atoms with Crippen molar-refractivity contribution in [3.05, 3.63) is 46.5 Å². The summed E-state index contributed by atoms with van der Waals surface area (Å²) < 4.78 is 1.20. The zero-order chi connectivity index (χ0) is 13.4. The number of nitrogens with one attached hydrogen (secondary N) is 1. The molecule has 1 rings (SSSR count). The Hall–Kier alpha value is -0.600. The van der Waals surface area contributed by atoms with Crippen LogP contribution in [0, 0.1) is 6.92 Å². The summed E-state index contributed by atoms with van der Waals surface area (Å²) in [6, 6.07) is 7.13. The third kappa shape index (κ3) is 4.95. The first-order chi connectivity index (χ1) is 8.69. The fourth-order valence-corrected chi connectivity index (χ4v) is 2.39. The Morgan fingerprint density at radius 3 is 2.83 bits per heavy atom. The number of hydrogen-bond donors (Lipinski definition) is 1. The molecule has 0 spiro atoms. The molecule has 1 unspecified atom stereocenters. The summed E-state index contributed by atoms with van der Waals surface area (Å²) in [6.45, 7) is 9.20. The number of aryl methyl sites for hydroxylation is 1. The number of benzene rings is 1. The highest BCUT2D eigenvalue weighted by molar-refractivity contribution is 9.10. The largest absolute Gasteiger partial charge is 0.310 e. The number of hydrogen-bond acceptors (Lipinski definition) is 1. The lowest BCUT2D eigenvalue weighted by Gasteiger charge is -2.19. The maximum Gasteiger partial charge on any atom is 0.0320 e. The van der Waals surface area contributed by atoms with E-state index in [4.69, 9.17) is 0 Å². The first-order valence-electron chi connectivity index (χ1n) is 6.79. The van der Waals surface area contributed by atoms with Crippen molar-refractivity contribution in [2.75, 3.05) is 6.54 Å². The van der Waals surface area contributed by atoms with E-state index in [0.29, 0.717) is 6.04 Å². The molecule has 100 valence electrons. The van der Waals surface area contributed by atoms with Crippen LogP contribution >= 0.6 is 15.9 Å². The van der Waals surface area contributed by atoms with Gasteiger partial charge in [0.05, 0.1) is 0 Å². The summed E-state index contributed by atoms with van der Waals surface area (Å²) >= 11 is 3.62. The van der Waals surface area contributed by atoms with Crippen LogP contribution in [0.2, 0.25) is 0 Å². The third-order valence-corrected chi connectivity index (χ3v) is 3.99. The Labute approximate surface area is 120 Å². The second-order valence-electron chi connectivity index (χ2n) is 4.73. The van der Waals surface area contributed by atoms with E-state index in [0.717, 1.165) is 13.0 Å². The van der Waals surface area contributed by atoms with Gasteiger partial charge in [-0.3, -0.25) is 0 Å². The number of halogens is 1. The summed E-state index contributed by atoms with van der Waals surface area (Å²) in [5.74, 6) is 0. The molecule has 1 N–H and O–H groups in total. The summed E-state index contributed by atoms with van der Waals surface area (Å²) in [5.41, 5.74) is 2.67. The molecule has 0 aliphatic carbocycles. The monoisotopic (exact) mass is 309 g/mol. The SMILES string of the molecule is C=CCCCC(NCCC)c1ccc(C)c(Br)c1. The van der Waals surface area contributed by atoms with E-state index in [1.807, 2.05) is 6.08 Å². The van der Waals surface area contributed by atoms with Crippen LogP contribution in [0.1, 0.15) is 49.8 Å². The smallest absolute Gasteiger partial charge is 0.0320 e. The molecule has 0 aliphatic heterocycles. The summed E-state index contributed by atoms with van der Waals surface area (Å²) in [7, 11) is 0. The standard InChI is InChI=1S/C16H24BrN/c1-4-6-7-8-16(18-11-5-2)14-10-9-13(3)15(17)12-14/h4,9-10,12,16,18H,1,5-8,11H2,2-3H3. The van der Waals surface area contributed by atoms with Gasteiger partial charge in [0, 0.05) is 10.5 Å². The van der Waals surface area contributed by atoms with Crippen LogP contribution in [-0.2, 0) is 0 Å². The molecule has 0 saturated heterocycles. The molecular formula is C16H24BrN. The topological polar surface area (TPSA) is 12.0 Å². The number of unbranched alkanes of at least 4 members (excludes halogenated alkanes) is 1. The van der Waals surface area contributed by atoms with Crippen molar-refractivity contribution in [3.63, 3.8) is 0 Å². The highest BCUT2D eigenvalue weighted by Crippen LogP contribution is 2.25. The number of rotatable bonds is 8. The van der Waals surface area contributed by atoms with Gasteiger partial charge in [0.1, 0.15) is 0 Å². The first kappa shape index (κ1) is 15.5. The van der Waals surface area contributed by atoms with Gasteiger partial charge >= 0.3 is 0 Å². The molecule has 0 amide bonds. The predicted molar refractivity (Wildman–Crippen MR) is 84.0 cm³/mol. The highest BCUT2D eigenvalue weighted by Gasteiger charge is 2.10. The van der Waals surface area contributed by atoms with E-state index < -0.39 is 0 Å². The third-order valence-electron chi connectivity index (χ3n) is 3.14. The molecule has 0 aliphatic rings. The highest BCUT2D eigenvalue weighted by atomic mass is 79.9. The summed E-state index contributed by atoms with van der Waals surface area (Å²) in [4.78, 5) is 0. The van der Waals surface area contributed by atoms with Gasteiger partial charge in [-0.05, 0) is 56.3 Å². The molecule has 0 bridgehead atoms. The Morgan fingerprint density at radius 1 is 1.44 bits per heavy atom. The van der Waals surface area contributed by atoms with Crippen LogP contribution in [0.15, 0.2) is 35.3 Å². The maximum atomic E-state index is 3.79. The van der Waals surface area contributed by atoms with Crippen LogP contribution in [0.3, 0.4) is 0 Å². The predicted octanol–water partition coefficient (Wildman–Crippen LogP) is 5.15. The van der Waals surface area contributed by atoms with E-state index in [9.17, 15) is 0 Å². The lowest BCUT2D eigenvalue weighted by molar-refractivity contribution is 0.486. The van der Waals surface area contributed by atoms with Crippen LogP contribution in [0.5, 0.6) is 0 Å². The Morgan fingerprint density at radius 2 is 2.22 bits per heavy atom. The van der Waals surface area contributed by atoms with Gasteiger partial charge in [-0.2, -0.15) is 0 Å². The van der Waals surface area contributed by atoms with Crippen LogP contribution in [0.4, 0.5) is 0 Å². The Bertz CT molecular complexity index is 373. The fraction of sp³-hybridized carbons (Fsp3) is 0.500. The summed E-state index contributed by atoms with van der Waals surface area (Å²) in [5, 5.41) is 3.64. The molecule has 1 aromatic carbocycles. The van der Waals surface area contributed by atoms with Crippen molar-refractivity contribution in [1.82, 2.24) is 5.32 Å². The van der Waals surface area contributed by atoms with Crippen LogP contribution < -0.4 is 5.32 Å². The van der Waals surface area contributed by atoms with Crippen LogP contribution in [-0.4, -0.2) is 6.54 Å². The van der Waals surface area contributed by atoms with Gasteiger partial charge in [0.15, 0.2) is 0 Å². The molecule has 0 aromatic heterocycles. The lowest BCUT2D eigenvalue weighted by Crippen LogP contribution is -2.22. The average molecular weight is 310 g/mol. The van der Waals surface area contributed by atoms with Crippen molar-refractivity contribution in [1.29, 1.82) is 0 Å². The van der Waals surface area contributed by atoms with Gasteiger partial charge in [-0.25, -0.2) is 0 Å². The molecular weight excluding hydrogens is 286 g/mol. The average Bonchev–Trinajstić information content (AvgIpc) is 2.37. The van der Waals surface area contributed by atoms with Crippen LogP contribution in [0.25, 0.3) is 0 Å². The molecule has 0 saturated carbocycles. The second kappa shape index (κ2) is 8.49. The summed E-state index contributed by atoms with van der Waals surface area (Å²) in [6.07, 6.45) is 6.63. The van der Waals surface area contributed by atoms with E-state index >= 15 is 0 Å². The van der Waals surface area contributed by atoms with Crippen molar-refractivity contribution in [2.45, 2.75) is 45.6 Å².